The van der Waals surface area contributed by atoms with E-state index in [9.17, 15) is 0 Å². The number of nitrogens with zero attached hydrogens (tertiary/aromatic N) is 1. The molecular weight excluding hydrogens is 200 g/mol. The number of pyridine rings is 1. The van der Waals surface area contributed by atoms with Crippen LogP contribution in [0, 0.1) is 0 Å². The minimum absolute atomic E-state index is 0.00506. The molecule has 1 aromatic rings. The highest BCUT2D eigenvalue weighted by molar-refractivity contribution is 5.21. The fraction of sp³-hybridized carbons (Fsp3) is 0.615. The van der Waals surface area contributed by atoms with Crippen LogP contribution in [0.5, 0.6) is 5.88 Å². The van der Waals surface area contributed by atoms with E-state index >= 15 is 0 Å². The molecule has 0 aliphatic heterocycles. The van der Waals surface area contributed by atoms with Gasteiger partial charge in [-0.05, 0) is 32.9 Å². The largest absolute Gasteiger partial charge is 0.475 e. The summed E-state index contributed by atoms with van der Waals surface area (Å²) in [7, 11) is 0. The molecule has 0 saturated heterocycles. The van der Waals surface area contributed by atoms with Gasteiger partial charge < -0.3 is 10.5 Å². The van der Waals surface area contributed by atoms with E-state index in [4.69, 9.17) is 10.5 Å². The van der Waals surface area contributed by atoms with Gasteiger partial charge in [-0.15, -0.1) is 0 Å². The Labute approximate surface area is 98.0 Å². The Balaban J connectivity index is 2.89. The lowest BCUT2D eigenvalue weighted by molar-refractivity contribution is 0.230. The van der Waals surface area contributed by atoms with Gasteiger partial charge in [-0.3, -0.25) is 0 Å². The SMILES string of the molecule is CC(C)Oc1cccc(C(C)(C)CCN)n1. The summed E-state index contributed by atoms with van der Waals surface area (Å²) in [5, 5.41) is 0. The van der Waals surface area contributed by atoms with Gasteiger partial charge in [0.2, 0.25) is 5.88 Å². The van der Waals surface area contributed by atoms with E-state index in [0.29, 0.717) is 12.4 Å². The Morgan fingerprint density at radius 1 is 1.38 bits per heavy atom. The molecule has 0 aliphatic rings. The maximum Gasteiger partial charge on any atom is 0.213 e. The predicted octanol–water partition coefficient (Wildman–Crippen LogP) is 2.50. The molecule has 0 amide bonds. The van der Waals surface area contributed by atoms with Gasteiger partial charge in [0.1, 0.15) is 0 Å². The maximum absolute atomic E-state index is 5.61. The summed E-state index contributed by atoms with van der Waals surface area (Å²) in [5.74, 6) is 0.692. The predicted molar refractivity (Wildman–Crippen MR) is 66.7 cm³/mol. The number of hydrogen-bond donors (Lipinski definition) is 1. The molecule has 0 fully saturated rings. The van der Waals surface area contributed by atoms with Gasteiger partial charge in [0.15, 0.2) is 0 Å². The van der Waals surface area contributed by atoms with Crippen LogP contribution >= 0.6 is 0 Å². The van der Waals surface area contributed by atoms with Crippen molar-refractivity contribution in [3.8, 4) is 5.88 Å². The van der Waals surface area contributed by atoms with E-state index < -0.39 is 0 Å². The van der Waals surface area contributed by atoms with Crippen molar-refractivity contribution in [2.24, 2.45) is 5.73 Å². The van der Waals surface area contributed by atoms with Crippen LogP contribution in [0.25, 0.3) is 0 Å². The average Bonchev–Trinajstić information content (AvgIpc) is 2.17. The molecule has 16 heavy (non-hydrogen) atoms. The summed E-state index contributed by atoms with van der Waals surface area (Å²) in [6.45, 7) is 8.98. The first-order valence-electron chi connectivity index (χ1n) is 5.80. The quantitative estimate of drug-likeness (QED) is 0.832. The van der Waals surface area contributed by atoms with Crippen molar-refractivity contribution in [3.05, 3.63) is 23.9 Å². The molecule has 0 aliphatic carbocycles. The van der Waals surface area contributed by atoms with E-state index in [2.05, 4.69) is 18.8 Å². The van der Waals surface area contributed by atoms with Crippen molar-refractivity contribution in [3.63, 3.8) is 0 Å². The van der Waals surface area contributed by atoms with Gasteiger partial charge in [-0.1, -0.05) is 19.9 Å². The van der Waals surface area contributed by atoms with E-state index in [0.717, 1.165) is 12.1 Å². The number of rotatable bonds is 5. The van der Waals surface area contributed by atoms with Crippen LogP contribution in [0.15, 0.2) is 18.2 Å². The van der Waals surface area contributed by atoms with Crippen LogP contribution in [0.1, 0.15) is 39.8 Å². The number of nitrogens with two attached hydrogens (primary N) is 1. The van der Waals surface area contributed by atoms with E-state index in [1.165, 1.54) is 0 Å². The highest BCUT2D eigenvalue weighted by Gasteiger charge is 2.21. The molecule has 90 valence electrons. The molecule has 1 aromatic heterocycles. The Kier molecular flexibility index (Phi) is 4.30. The minimum Gasteiger partial charge on any atom is -0.475 e. The molecule has 0 radical (unpaired) electrons. The van der Waals surface area contributed by atoms with Crippen molar-refractivity contribution in [2.45, 2.75) is 45.6 Å². The fourth-order valence-electron chi connectivity index (χ4n) is 1.59. The Bertz CT molecular complexity index is 334. The second-order valence-corrected chi connectivity index (χ2v) is 4.95. The van der Waals surface area contributed by atoms with E-state index in [1.54, 1.807) is 0 Å². The average molecular weight is 222 g/mol. The molecular formula is C13H22N2O. The topological polar surface area (TPSA) is 48.1 Å². The maximum atomic E-state index is 5.61. The lowest BCUT2D eigenvalue weighted by Crippen LogP contribution is -2.23. The summed E-state index contributed by atoms with van der Waals surface area (Å²) >= 11 is 0. The summed E-state index contributed by atoms with van der Waals surface area (Å²) in [4.78, 5) is 4.53. The van der Waals surface area contributed by atoms with Crippen molar-refractivity contribution in [1.82, 2.24) is 4.98 Å². The zero-order valence-corrected chi connectivity index (χ0v) is 10.7. The first-order chi connectivity index (χ1) is 7.45. The van der Waals surface area contributed by atoms with Crippen molar-refractivity contribution in [2.75, 3.05) is 6.54 Å². The Hall–Kier alpha value is -1.09. The summed E-state index contributed by atoms with van der Waals surface area (Å²) in [6, 6.07) is 5.91. The van der Waals surface area contributed by atoms with Gasteiger partial charge in [-0.25, -0.2) is 4.98 Å². The fourth-order valence-corrected chi connectivity index (χ4v) is 1.59. The van der Waals surface area contributed by atoms with Gasteiger partial charge >= 0.3 is 0 Å². The Morgan fingerprint density at radius 2 is 2.06 bits per heavy atom. The van der Waals surface area contributed by atoms with Crippen LogP contribution < -0.4 is 10.5 Å². The molecule has 3 nitrogen and oxygen atoms in total. The normalized spacial score (nSPS) is 11.9. The third-order valence-electron chi connectivity index (χ3n) is 2.54. The molecule has 0 unspecified atom stereocenters. The summed E-state index contributed by atoms with van der Waals surface area (Å²) in [6.07, 6.45) is 1.07. The minimum atomic E-state index is 0.00506. The van der Waals surface area contributed by atoms with Crippen LogP contribution in [0.3, 0.4) is 0 Å². The highest BCUT2D eigenvalue weighted by Crippen LogP contribution is 2.26. The highest BCUT2D eigenvalue weighted by atomic mass is 16.5. The third-order valence-corrected chi connectivity index (χ3v) is 2.54. The number of aromatic nitrogens is 1. The smallest absolute Gasteiger partial charge is 0.213 e. The zero-order chi connectivity index (χ0) is 12.2. The monoisotopic (exact) mass is 222 g/mol. The molecule has 0 saturated carbocycles. The Morgan fingerprint density at radius 3 is 2.62 bits per heavy atom. The summed E-state index contributed by atoms with van der Waals surface area (Å²) < 4.78 is 5.59. The van der Waals surface area contributed by atoms with Crippen LogP contribution in [-0.2, 0) is 5.41 Å². The van der Waals surface area contributed by atoms with Crippen LogP contribution in [0.2, 0.25) is 0 Å². The lowest BCUT2D eigenvalue weighted by Gasteiger charge is -2.23. The third kappa shape index (κ3) is 3.49. The molecule has 1 rings (SSSR count). The second kappa shape index (κ2) is 5.30. The molecule has 3 heteroatoms. The molecule has 1 heterocycles. The van der Waals surface area contributed by atoms with Crippen molar-refractivity contribution in [1.29, 1.82) is 0 Å². The molecule has 2 N–H and O–H groups in total. The van der Waals surface area contributed by atoms with E-state index in [1.807, 2.05) is 32.0 Å². The molecule has 0 bridgehead atoms. The van der Waals surface area contributed by atoms with Gasteiger partial charge in [0.05, 0.1) is 11.8 Å². The number of ether oxygens (including phenoxy) is 1. The lowest BCUT2D eigenvalue weighted by atomic mass is 9.85. The van der Waals surface area contributed by atoms with Gasteiger partial charge in [0, 0.05) is 11.5 Å². The van der Waals surface area contributed by atoms with E-state index in [-0.39, 0.29) is 11.5 Å². The second-order valence-electron chi connectivity index (χ2n) is 4.95. The van der Waals surface area contributed by atoms with Crippen molar-refractivity contribution < 1.29 is 4.74 Å². The van der Waals surface area contributed by atoms with Gasteiger partial charge in [-0.2, -0.15) is 0 Å². The molecule has 0 aromatic carbocycles. The van der Waals surface area contributed by atoms with Crippen LogP contribution in [-0.4, -0.2) is 17.6 Å². The molecule has 0 atom stereocenters. The standard InChI is InChI=1S/C13H22N2O/c1-10(2)16-12-7-5-6-11(15-12)13(3,4)8-9-14/h5-7,10H,8-9,14H2,1-4H3. The number of hydrogen-bond acceptors (Lipinski definition) is 3. The zero-order valence-electron chi connectivity index (χ0n) is 10.7. The first-order valence-corrected chi connectivity index (χ1v) is 5.80. The van der Waals surface area contributed by atoms with Crippen molar-refractivity contribution >= 4 is 0 Å². The van der Waals surface area contributed by atoms with Crippen LogP contribution in [0.4, 0.5) is 0 Å². The first kappa shape index (κ1) is 13.0. The molecule has 0 spiro atoms. The summed E-state index contributed by atoms with van der Waals surface area (Å²) in [5.41, 5.74) is 6.65. The van der Waals surface area contributed by atoms with Gasteiger partial charge in [0.25, 0.3) is 0 Å².